The monoisotopic (exact) mass is 304 g/mol. The average molecular weight is 304 g/mol. The predicted octanol–water partition coefficient (Wildman–Crippen LogP) is 2.48. The molecule has 0 aromatic heterocycles. The number of carbonyl (C=O) groups is 1. The number of likely N-dealkylation sites (tertiary alicyclic amines) is 1. The smallest absolute Gasteiger partial charge is 0.262 e. The van der Waals surface area contributed by atoms with Crippen LogP contribution in [0, 0.1) is 11.6 Å². The highest BCUT2D eigenvalue weighted by molar-refractivity contribution is 5.76. The fourth-order valence-electron chi connectivity index (χ4n) is 2.14. The van der Waals surface area contributed by atoms with Crippen LogP contribution in [-0.2, 0) is 4.79 Å². The topological polar surface area (TPSA) is 32.3 Å². The molecule has 0 unspecified atom stereocenters. The number of nitrogens with zero attached hydrogens (tertiary/aromatic N) is 1. The van der Waals surface area contributed by atoms with Crippen LogP contribution in [0.25, 0.3) is 0 Å². The molecule has 0 spiro atoms. The van der Waals surface area contributed by atoms with Crippen LogP contribution < -0.4 is 5.32 Å². The SMILES string of the molecule is O=C(CCN1CCC1)N[C@@H](c1cc(F)ccc1F)C(F)F. The lowest BCUT2D eigenvalue weighted by molar-refractivity contribution is -0.123. The predicted molar refractivity (Wildman–Crippen MR) is 68.9 cm³/mol. The van der Waals surface area contributed by atoms with Gasteiger partial charge in [0.2, 0.25) is 5.91 Å². The molecule has 1 amide bonds. The van der Waals surface area contributed by atoms with Gasteiger partial charge in [0, 0.05) is 18.5 Å². The van der Waals surface area contributed by atoms with Crippen molar-refractivity contribution in [2.75, 3.05) is 19.6 Å². The molecule has 1 fully saturated rings. The van der Waals surface area contributed by atoms with Crippen LogP contribution in [0.15, 0.2) is 18.2 Å². The van der Waals surface area contributed by atoms with Gasteiger partial charge in [0.1, 0.15) is 17.7 Å². The lowest BCUT2D eigenvalue weighted by atomic mass is 10.1. The van der Waals surface area contributed by atoms with E-state index in [1.807, 2.05) is 4.90 Å². The van der Waals surface area contributed by atoms with Crippen molar-refractivity contribution in [1.82, 2.24) is 10.2 Å². The Kier molecular flexibility index (Phi) is 5.17. The van der Waals surface area contributed by atoms with E-state index < -0.39 is 35.6 Å². The van der Waals surface area contributed by atoms with Crippen molar-refractivity contribution in [2.24, 2.45) is 0 Å². The number of benzene rings is 1. The van der Waals surface area contributed by atoms with Crippen LogP contribution in [0.4, 0.5) is 17.6 Å². The van der Waals surface area contributed by atoms with E-state index in [1.165, 1.54) is 0 Å². The lowest BCUT2D eigenvalue weighted by Crippen LogP contribution is -2.41. The highest BCUT2D eigenvalue weighted by Gasteiger charge is 2.27. The number of amides is 1. The molecule has 0 aliphatic carbocycles. The molecule has 1 aliphatic heterocycles. The third-order valence-corrected chi connectivity index (χ3v) is 3.47. The van der Waals surface area contributed by atoms with Gasteiger partial charge in [0.25, 0.3) is 6.43 Å². The van der Waals surface area contributed by atoms with Gasteiger partial charge in [-0.25, -0.2) is 17.6 Å². The van der Waals surface area contributed by atoms with Crippen molar-refractivity contribution >= 4 is 5.91 Å². The number of alkyl halides is 2. The minimum atomic E-state index is -3.02. The van der Waals surface area contributed by atoms with Gasteiger partial charge in [-0.1, -0.05) is 0 Å². The van der Waals surface area contributed by atoms with E-state index >= 15 is 0 Å². The normalized spacial score (nSPS) is 16.6. The number of hydrogen-bond acceptors (Lipinski definition) is 2. The summed E-state index contributed by atoms with van der Waals surface area (Å²) in [5.74, 6) is -2.40. The Labute approximate surface area is 119 Å². The first-order chi connectivity index (χ1) is 9.97. The maximum absolute atomic E-state index is 13.5. The summed E-state index contributed by atoms with van der Waals surface area (Å²) >= 11 is 0. The Morgan fingerprint density at radius 1 is 1.29 bits per heavy atom. The zero-order valence-electron chi connectivity index (χ0n) is 11.3. The highest BCUT2D eigenvalue weighted by Crippen LogP contribution is 2.24. The van der Waals surface area contributed by atoms with Gasteiger partial charge < -0.3 is 10.2 Å². The average Bonchev–Trinajstić information content (AvgIpc) is 2.37. The molecule has 1 aromatic carbocycles. The molecule has 2 rings (SSSR count). The van der Waals surface area contributed by atoms with Crippen molar-refractivity contribution < 1.29 is 22.4 Å². The molecule has 0 saturated carbocycles. The molecule has 3 nitrogen and oxygen atoms in total. The van der Waals surface area contributed by atoms with Gasteiger partial charge in [-0.3, -0.25) is 4.79 Å². The molecule has 7 heteroatoms. The summed E-state index contributed by atoms with van der Waals surface area (Å²) in [6.45, 7) is 2.27. The quantitative estimate of drug-likeness (QED) is 0.819. The molecule has 1 saturated heterocycles. The number of rotatable bonds is 6. The molecule has 21 heavy (non-hydrogen) atoms. The maximum Gasteiger partial charge on any atom is 0.262 e. The summed E-state index contributed by atoms with van der Waals surface area (Å²) in [6.07, 6.45) is -1.90. The fraction of sp³-hybridized carbons (Fsp3) is 0.500. The van der Waals surface area contributed by atoms with E-state index in [9.17, 15) is 22.4 Å². The van der Waals surface area contributed by atoms with E-state index in [0.717, 1.165) is 31.6 Å². The first kappa shape index (κ1) is 15.8. The zero-order valence-corrected chi connectivity index (χ0v) is 11.3. The van der Waals surface area contributed by atoms with Crippen LogP contribution in [-0.4, -0.2) is 36.9 Å². The van der Waals surface area contributed by atoms with Crippen molar-refractivity contribution in [3.05, 3.63) is 35.4 Å². The minimum absolute atomic E-state index is 0.0557. The van der Waals surface area contributed by atoms with Gasteiger partial charge in [0.15, 0.2) is 0 Å². The lowest BCUT2D eigenvalue weighted by Gasteiger charge is -2.30. The largest absolute Gasteiger partial charge is 0.343 e. The molecule has 1 atom stereocenters. The summed E-state index contributed by atoms with van der Waals surface area (Å²) in [5.41, 5.74) is -0.540. The zero-order chi connectivity index (χ0) is 15.4. The maximum atomic E-state index is 13.5. The second-order valence-electron chi connectivity index (χ2n) is 4.99. The summed E-state index contributed by atoms with van der Waals surface area (Å²) in [7, 11) is 0. The summed E-state index contributed by atoms with van der Waals surface area (Å²) in [4.78, 5) is 13.7. The van der Waals surface area contributed by atoms with E-state index in [2.05, 4.69) is 5.32 Å². The van der Waals surface area contributed by atoms with Gasteiger partial charge >= 0.3 is 0 Å². The second kappa shape index (κ2) is 6.89. The third-order valence-electron chi connectivity index (χ3n) is 3.47. The Balaban J connectivity index is 2.00. The summed E-state index contributed by atoms with van der Waals surface area (Å²) in [6, 6.07) is 0.450. The van der Waals surface area contributed by atoms with E-state index in [4.69, 9.17) is 0 Å². The Morgan fingerprint density at radius 3 is 2.57 bits per heavy atom. The van der Waals surface area contributed by atoms with Gasteiger partial charge in [-0.05, 0) is 37.7 Å². The summed E-state index contributed by atoms with van der Waals surface area (Å²) in [5, 5.41) is 2.08. The molecule has 1 aromatic rings. The van der Waals surface area contributed by atoms with Crippen LogP contribution in [0.5, 0.6) is 0 Å². The van der Waals surface area contributed by atoms with Crippen molar-refractivity contribution in [3.63, 3.8) is 0 Å². The molecule has 0 bridgehead atoms. The van der Waals surface area contributed by atoms with E-state index in [0.29, 0.717) is 12.6 Å². The molecule has 0 radical (unpaired) electrons. The van der Waals surface area contributed by atoms with Crippen LogP contribution in [0.2, 0.25) is 0 Å². The molecular formula is C14H16F4N2O. The first-order valence-electron chi connectivity index (χ1n) is 6.72. The number of carbonyl (C=O) groups excluding carboxylic acids is 1. The van der Waals surface area contributed by atoms with Crippen molar-refractivity contribution in [2.45, 2.75) is 25.3 Å². The highest BCUT2D eigenvalue weighted by atomic mass is 19.3. The van der Waals surface area contributed by atoms with Gasteiger partial charge in [-0.15, -0.1) is 0 Å². The Bertz CT molecular complexity index is 506. The minimum Gasteiger partial charge on any atom is -0.343 e. The van der Waals surface area contributed by atoms with Crippen molar-refractivity contribution in [1.29, 1.82) is 0 Å². The molecular weight excluding hydrogens is 288 g/mol. The number of halogens is 4. The molecule has 1 aliphatic rings. The molecule has 1 N–H and O–H groups in total. The first-order valence-corrected chi connectivity index (χ1v) is 6.72. The van der Waals surface area contributed by atoms with Crippen LogP contribution >= 0.6 is 0 Å². The number of nitrogens with one attached hydrogen (secondary N) is 1. The van der Waals surface area contributed by atoms with Crippen LogP contribution in [0.1, 0.15) is 24.4 Å². The van der Waals surface area contributed by atoms with Crippen LogP contribution in [0.3, 0.4) is 0 Å². The third kappa shape index (κ3) is 4.17. The second-order valence-corrected chi connectivity index (χ2v) is 4.99. The van der Waals surface area contributed by atoms with E-state index in [-0.39, 0.29) is 6.42 Å². The Morgan fingerprint density at radius 2 is 2.00 bits per heavy atom. The summed E-state index contributed by atoms with van der Waals surface area (Å²) < 4.78 is 52.7. The van der Waals surface area contributed by atoms with Crippen molar-refractivity contribution in [3.8, 4) is 0 Å². The number of hydrogen-bond donors (Lipinski definition) is 1. The Hall–Kier alpha value is -1.63. The van der Waals surface area contributed by atoms with E-state index in [1.54, 1.807) is 0 Å². The van der Waals surface area contributed by atoms with Gasteiger partial charge in [0.05, 0.1) is 0 Å². The fourth-order valence-corrected chi connectivity index (χ4v) is 2.14. The molecule has 1 heterocycles. The standard InChI is InChI=1S/C14H16F4N2O/c15-9-2-3-11(16)10(8-9)13(14(17)18)19-12(21)4-7-20-5-1-6-20/h2-3,8,13-14H,1,4-7H2,(H,19,21)/t13-/m0/s1. The van der Waals surface area contributed by atoms with Gasteiger partial charge in [-0.2, -0.15) is 0 Å². The molecule has 116 valence electrons.